The lowest BCUT2D eigenvalue weighted by Gasteiger charge is -2.17. The zero-order chi connectivity index (χ0) is 14.3. The molecule has 0 aromatic heterocycles. The largest absolute Gasteiger partial charge is 0.466 e. The SMILES string of the molecule is CCOC(=O)CC(O)CN[C@@H](C)c1cccc(Cl)c1. The lowest BCUT2D eigenvalue weighted by atomic mass is 10.1. The first kappa shape index (κ1) is 16.0. The third-order valence-electron chi connectivity index (χ3n) is 2.72. The van der Waals surface area contributed by atoms with Crippen molar-refractivity contribution in [3.05, 3.63) is 34.9 Å². The van der Waals surface area contributed by atoms with E-state index in [1.54, 1.807) is 6.92 Å². The first-order chi connectivity index (χ1) is 9.02. The fourth-order valence-corrected chi connectivity index (χ4v) is 1.89. The van der Waals surface area contributed by atoms with Crippen molar-refractivity contribution in [1.29, 1.82) is 0 Å². The van der Waals surface area contributed by atoms with Crippen LogP contribution in [0.25, 0.3) is 0 Å². The molecular formula is C14H20ClNO3. The van der Waals surface area contributed by atoms with Crippen LogP contribution in [0.3, 0.4) is 0 Å². The predicted octanol–water partition coefficient (Wildman–Crippen LogP) is 2.30. The molecule has 5 heteroatoms. The molecule has 0 bridgehead atoms. The van der Waals surface area contributed by atoms with Gasteiger partial charge in [-0.2, -0.15) is 0 Å². The number of benzene rings is 1. The van der Waals surface area contributed by atoms with Gasteiger partial charge in [0.1, 0.15) is 0 Å². The van der Waals surface area contributed by atoms with Crippen LogP contribution in [0.5, 0.6) is 0 Å². The summed E-state index contributed by atoms with van der Waals surface area (Å²) in [6.07, 6.45) is -0.746. The summed E-state index contributed by atoms with van der Waals surface area (Å²) < 4.78 is 4.78. The van der Waals surface area contributed by atoms with Gasteiger partial charge in [0.15, 0.2) is 0 Å². The maximum absolute atomic E-state index is 11.2. The zero-order valence-electron chi connectivity index (χ0n) is 11.2. The van der Waals surface area contributed by atoms with Crippen molar-refractivity contribution in [3.63, 3.8) is 0 Å². The van der Waals surface area contributed by atoms with Gasteiger partial charge in [0, 0.05) is 17.6 Å². The number of hydrogen-bond donors (Lipinski definition) is 2. The summed E-state index contributed by atoms with van der Waals surface area (Å²) in [6.45, 7) is 4.37. The van der Waals surface area contributed by atoms with E-state index in [0.29, 0.717) is 18.2 Å². The summed E-state index contributed by atoms with van der Waals surface area (Å²) >= 11 is 5.92. The van der Waals surface area contributed by atoms with Gasteiger partial charge in [-0.3, -0.25) is 4.79 Å². The molecule has 0 spiro atoms. The number of carbonyl (C=O) groups is 1. The average Bonchev–Trinajstić information content (AvgIpc) is 2.36. The quantitative estimate of drug-likeness (QED) is 0.755. The Labute approximate surface area is 118 Å². The number of nitrogens with one attached hydrogen (secondary N) is 1. The lowest BCUT2D eigenvalue weighted by Crippen LogP contribution is -2.31. The monoisotopic (exact) mass is 285 g/mol. The number of aliphatic hydroxyl groups is 1. The Kier molecular flexibility index (Phi) is 6.84. The van der Waals surface area contributed by atoms with Gasteiger partial charge in [-0.1, -0.05) is 23.7 Å². The van der Waals surface area contributed by atoms with Crippen LogP contribution < -0.4 is 5.32 Å². The zero-order valence-corrected chi connectivity index (χ0v) is 12.0. The van der Waals surface area contributed by atoms with Gasteiger partial charge < -0.3 is 15.2 Å². The van der Waals surface area contributed by atoms with E-state index in [9.17, 15) is 9.90 Å². The molecule has 0 saturated carbocycles. The van der Waals surface area contributed by atoms with Gasteiger partial charge in [-0.25, -0.2) is 0 Å². The van der Waals surface area contributed by atoms with E-state index >= 15 is 0 Å². The van der Waals surface area contributed by atoms with E-state index in [2.05, 4.69) is 5.32 Å². The summed E-state index contributed by atoms with van der Waals surface area (Å²) in [5.41, 5.74) is 1.04. The van der Waals surface area contributed by atoms with E-state index in [-0.39, 0.29) is 18.4 Å². The number of aliphatic hydroxyl groups excluding tert-OH is 1. The Morgan fingerprint density at radius 2 is 2.26 bits per heavy atom. The van der Waals surface area contributed by atoms with E-state index in [0.717, 1.165) is 5.56 Å². The van der Waals surface area contributed by atoms with E-state index in [1.807, 2.05) is 31.2 Å². The van der Waals surface area contributed by atoms with Crippen LogP contribution in [0.4, 0.5) is 0 Å². The number of hydrogen-bond acceptors (Lipinski definition) is 4. The molecule has 0 amide bonds. The second-order valence-corrected chi connectivity index (χ2v) is 4.78. The summed E-state index contributed by atoms with van der Waals surface area (Å²) in [5, 5.41) is 13.5. The topological polar surface area (TPSA) is 58.6 Å². The highest BCUT2D eigenvalue weighted by Gasteiger charge is 2.13. The van der Waals surface area contributed by atoms with Gasteiger partial charge >= 0.3 is 5.97 Å². The van der Waals surface area contributed by atoms with Crippen LogP contribution in [-0.2, 0) is 9.53 Å². The van der Waals surface area contributed by atoms with Gasteiger partial charge in [0.2, 0.25) is 0 Å². The molecule has 0 fully saturated rings. The molecule has 106 valence electrons. The second-order valence-electron chi connectivity index (χ2n) is 4.35. The molecule has 2 N–H and O–H groups in total. The predicted molar refractivity (Wildman–Crippen MR) is 75.1 cm³/mol. The first-order valence-electron chi connectivity index (χ1n) is 6.35. The van der Waals surface area contributed by atoms with Crippen molar-refractivity contribution in [2.24, 2.45) is 0 Å². The number of rotatable bonds is 7. The maximum atomic E-state index is 11.2. The van der Waals surface area contributed by atoms with Gasteiger partial charge in [-0.15, -0.1) is 0 Å². The first-order valence-corrected chi connectivity index (χ1v) is 6.73. The average molecular weight is 286 g/mol. The third-order valence-corrected chi connectivity index (χ3v) is 2.95. The summed E-state index contributed by atoms with van der Waals surface area (Å²) in [7, 11) is 0. The number of ether oxygens (including phenoxy) is 1. The highest BCUT2D eigenvalue weighted by atomic mass is 35.5. The van der Waals surface area contributed by atoms with Gasteiger partial charge in [0.25, 0.3) is 0 Å². The Bertz CT molecular complexity index is 411. The van der Waals surface area contributed by atoms with Crippen molar-refractivity contribution < 1.29 is 14.6 Å². The number of esters is 1. The standard InChI is InChI=1S/C14H20ClNO3/c1-3-19-14(18)8-13(17)9-16-10(2)11-5-4-6-12(15)7-11/h4-7,10,13,16-17H,3,8-9H2,1-2H3/t10-,13?/m0/s1. The van der Waals surface area contributed by atoms with E-state index in [1.165, 1.54) is 0 Å². The molecule has 0 aliphatic rings. The highest BCUT2D eigenvalue weighted by Crippen LogP contribution is 2.17. The van der Waals surface area contributed by atoms with E-state index in [4.69, 9.17) is 16.3 Å². The van der Waals surface area contributed by atoms with E-state index < -0.39 is 6.10 Å². The fourth-order valence-electron chi connectivity index (χ4n) is 1.69. The van der Waals surface area contributed by atoms with Crippen molar-refractivity contribution in [2.45, 2.75) is 32.4 Å². The van der Waals surface area contributed by atoms with Crippen LogP contribution in [0.1, 0.15) is 31.9 Å². The molecule has 0 aliphatic heterocycles. The molecule has 0 aliphatic carbocycles. The minimum atomic E-state index is -0.749. The molecule has 1 aromatic rings. The highest BCUT2D eigenvalue weighted by molar-refractivity contribution is 6.30. The molecule has 0 heterocycles. The Balaban J connectivity index is 2.37. The van der Waals surface area contributed by atoms with Crippen molar-refractivity contribution in [2.75, 3.05) is 13.2 Å². The molecule has 2 atom stereocenters. The molecule has 0 saturated heterocycles. The van der Waals surface area contributed by atoms with Crippen molar-refractivity contribution >= 4 is 17.6 Å². The maximum Gasteiger partial charge on any atom is 0.308 e. The molecule has 4 nitrogen and oxygen atoms in total. The number of carbonyl (C=O) groups excluding carboxylic acids is 1. The van der Waals surface area contributed by atoms with Crippen LogP contribution in [0, 0.1) is 0 Å². The molecule has 1 aromatic carbocycles. The van der Waals surface area contributed by atoms with Crippen LogP contribution in [0.2, 0.25) is 5.02 Å². The Morgan fingerprint density at radius 3 is 2.89 bits per heavy atom. The Hall–Kier alpha value is -1.10. The van der Waals surface area contributed by atoms with Gasteiger partial charge in [0.05, 0.1) is 19.1 Å². The normalized spacial score (nSPS) is 13.9. The fraction of sp³-hybridized carbons (Fsp3) is 0.500. The molecule has 19 heavy (non-hydrogen) atoms. The van der Waals surface area contributed by atoms with Crippen LogP contribution in [0.15, 0.2) is 24.3 Å². The van der Waals surface area contributed by atoms with Crippen molar-refractivity contribution in [1.82, 2.24) is 5.32 Å². The minimum Gasteiger partial charge on any atom is -0.466 e. The minimum absolute atomic E-state index is 0.00308. The third kappa shape index (κ3) is 6.05. The molecule has 1 rings (SSSR count). The Morgan fingerprint density at radius 1 is 1.53 bits per heavy atom. The summed E-state index contributed by atoms with van der Waals surface area (Å²) in [6, 6.07) is 7.58. The number of halogens is 1. The van der Waals surface area contributed by atoms with Crippen LogP contribution >= 0.6 is 11.6 Å². The van der Waals surface area contributed by atoms with Crippen molar-refractivity contribution in [3.8, 4) is 0 Å². The lowest BCUT2D eigenvalue weighted by molar-refractivity contribution is -0.145. The summed E-state index contributed by atoms with van der Waals surface area (Å²) in [4.78, 5) is 11.2. The molecule has 1 unspecified atom stereocenters. The molecular weight excluding hydrogens is 266 g/mol. The summed E-state index contributed by atoms with van der Waals surface area (Å²) in [5.74, 6) is -0.382. The van der Waals surface area contributed by atoms with Crippen LogP contribution in [-0.4, -0.2) is 30.3 Å². The van der Waals surface area contributed by atoms with Gasteiger partial charge in [-0.05, 0) is 31.5 Å². The smallest absolute Gasteiger partial charge is 0.308 e. The second kappa shape index (κ2) is 8.15. The molecule has 0 radical (unpaired) electrons.